The minimum Gasteiger partial charge on any atom is -0.365 e. The van der Waals surface area contributed by atoms with Crippen LogP contribution in [0, 0.1) is 12.3 Å². The van der Waals surface area contributed by atoms with Gasteiger partial charge in [-0.1, -0.05) is 32.9 Å². The molecule has 0 saturated carbocycles. The highest BCUT2D eigenvalue weighted by Gasteiger charge is 2.41. The van der Waals surface area contributed by atoms with E-state index < -0.39 is 5.41 Å². The Bertz CT molecular complexity index is 1230. The Kier molecular flexibility index (Phi) is 5.97. The number of carbonyl (C=O) groups excluding carboxylic acids is 1. The largest absolute Gasteiger partial charge is 0.365 e. The number of aryl methyl sites for hydroxylation is 1. The quantitative estimate of drug-likeness (QED) is 0.542. The summed E-state index contributed by atoms with van der Waals surface area (Å²) in [6, 6.07) is 17.4. The molecule has 0 spiro atoms. The summed E-state index contributed by atoms with van der Waals surface area (Å²) in [6.45, 7) is 10.1. The lowest BCUT2D eigenvalue weighted by Crippen LogP contribution is -2.44. The smallest absolute Gasteiger partial charge is 0.229 e. The van der Waals surface area contributed by atoms with Crippen molar-refractivity contribution in [2.45, 2.75) is 46.2 Å². The number of likely N-dealkylation sites (tertiary alicyclic amines) is 1. The van der Waals surface area contributed by atoms with Crippen LogP contribution in [0.1, 0.15) is 32.8 Å². The van der Waals surface area contributed by atoms with E-state index in [1.807, 2.05) is 51.1 Å². The van der Waals surface area contributed by atoms with Gasteiger partial charge in [0.2, 0.25) is 11.9 Å². The first kappa shape index (κ1) is 23.3. The number of hydrogen-bond acceptors (Lipinski definition) is 6. The summed E-state index contributed by atoms with van der Waals surface area (Å²) in [7, 11) is 2.23. The first-order valence-corrected chi connectivity index (χ1v) is 12.3. The molecule has 2 saturated heterocycles. The van der Waals surface area contributed by atoms with Gasteiger partial charge in [-0.05, 0) is 62.4 Å². The van der Waals surface area contributed by atoms with E-state index >= 15 is 0 Å². The van der Waals surface area contributed by atoms with Crippen LogP contribution in [0.5, 0.6) is 0 Å². The number of piperazine rings is 1. The number of likely N-dealkylation sites (N-methyl/N-ethyl adjacent to an activating group) is 1. The van der Waals surface area contributed by atoms with Gasteiger partial charge in [0.05, 0.1) is 5.69 Å². The van der Waals surface area contributed by atoms with Crippen LogP contribution >= 0.6 is 0 Å². The van der Waals surface area contributed by atoms with Gasteiger partial charge >= 0.3 is 0 Å². The summed E-state index contributed by atoms with van der Waals surface area (Å²) in [5.41, 5.74) is 5.68. The molecule has 5 rings (SSSR count). The van der Waals surface area contributed by atoms with E-state index in [0.29, 0.717) is 18.0 Å². The van der Waals surface area contributed by atoms with Crippen LogP contribution < -0.4 is 15.5 Å². The van der Waals surface area contributed by atoms with E-state index in [2.05, 4.69) is 57.6 Å². The van der Waals surface area contributed by atoms with Crippen LogP contribution in [-0.2, 0) is 4.79 Å². The summed E-state index contributed by atoms with van der Waals surface area (Å²) in [5.74, 6) is 0.547. The van der Waals surface area contributed by atoms with E-state index in [1.165, 1.54) is 17.7 Å². The van der Waals surface area contributed by atoms with Gasteiger partial charge in [-0.2, -0.15) is 0 Å². The van der Waals surface area contributed by atoms with Crippen molar-refractivity contribution in [1.29, 1.82) is 0 Å². The van der Waals surface area contributed by atoms with Gasteiger partial charge in [-0.15, -0.1) is 0 Å². The monoisotopic (exact) mass is 470 g/mol. The van der Waals surface area contributed by atoms with Gasteiger partial charge in [0.25, 0.3) is 0 Å². The van der Waals surface area contributed by atoms with Crippen LogP contribution in [0.15, 0.2) is 54.7 Å². The molecule has 2 aliphatic heterocycles. The van der Waals surface area contributed by atoms with Gasteiger partial charge < -0.3 is 15.5 Å². The van der Waals surface area contributed by atoms with Gasteiger partial charge in [0.15, 0.2) is 0 Å². The lowest BCUT2D eigenvalue weighted by Gasteiger charge is -2.34. The van der Waals surface area contributed by atoms with E-state index in [-0.39, 0.29) is 5.91 Å². The molecule has 1 amide bonds. The molecule has 2 bridgehead atoms. The average Bonchev–Trinajstić information content (AvgIpc) is 3.39. The molecular weight excluding hydrogens is 436 g/mol. The van der Waals surface area contributed by atoms with Crippen molar-refractivity contribution in [2.24, 2.45) is 5.41 Å². The van der Waals surface area contributed by atoms with E-state index in [0.717, 1.165) is 35.7 Å². The number of anilines is 4. The topological polar surface area (TPSA) is 73.4 Å². The summed E-state index contributed by atoms with van der Waals surface area (Å²) < 4.78 is 0. The van der Waals surface area contributed by atoms with Crippen LogP contribution in [0.25, 0.3) is 11.3 Å². The van der Waals surface area contributed by atoms with E-state index in [4.69, 9.17) is 4.98 Å². The lowest BCUT2D eigenvalue weighted by atomic mass is 9.95. The number of carbonyl (C=O) groups is 1. The van der Waals surface area contributed by atoms with Crippen molar-refractivity contribution in [2.75, 3.05) is 35.7 Å². The van der Waals surface area contributed by atoms with Crippen molar-refractivity contribution in [3.63, 3.8) is 0 Å². The third-order valence-corrected chi connectivity index (χ3v) is 7.05. The summed E-state index contributed by atoms with van der Waals surface area (Å²) in [6.07, 6.45) is 3.03. The molecule has 2 aromatic carbocycles. The molecule has 7 heteroatoms. The fourth-order valence-corrected chi connectivity index (χ4v) is 4.97. The molecule has 0 radical (unpaired) electrons. The lowest BCUT2D eigenvalue weighted by molar-refractivity contribution is -0.123. The summed E-state index contributed by atoms with van der Waals surface area (Å²) in [4.78, 5) is 26.4. The highest BCUT2D eigenvalue weighted by Crippen LogP contribution is 2.36. The molecule has 1 aromatic heterocycles. The van der Waals surface area contributed by atoms with Crippen molar-refractivity contribution in [3.05, 3.63) is 60.3 Å². The molecule has 2 N–H and O–H groups in total. The van der Waals surface area contributed by atoms with Crippen LogP contribution in [-0.4, -0.2) is 53.0 Å². The van der Waals surface area contributed by atoms with Crippen molar-refractivity contribution >= 4 is 28.9 Å². The standard InChI is InChI=1S/C28H34N6O/c1-18-14-21(10-11-25(18)34-17-22-15-23(34)16-33(22)5)31-27-29-13-12-24(32-27)19-6-8-20(9-7-19)30-26(35)28(2,3)4/h6-14,22-23H,15-17H2,1-5H3,(H,30,35)(H,29,31,32). The predicted molar refractivity (Wildman–Crippen MR) is 142 cm³/mol. The second kappa shape index (κ2) is 8.96. The minimum atomic E-state index is -0.437. The maximum atomic E-state index is 12.2. The molecule has 3 aromatic rings. The number of amides is 1. The number of nitrogens with one attached hydrogen (secondary N) is 2. The maximum Gasteiger partial charge on any atom is 0.229 e. The number of fused-ring (bicyclic) bond motifs is 2. The molecule has 3 heterocycles. The van der Waals surface area contributed by atoms with Crippen molar-refractivity contribution in [1.82, 2.24) is 14.9 Å². The van der Waals surface area contributed by atoms with Crippen LogP contribution in [0.4, 0.5) is 23.0 Å². The van der Waals surface area contributed by atoms with Gasteiger partial charge in [0.1, 0.15) is 0 Å². The SMILES string of the molecule is Cc1cc(Nc2nccc(-c3ccc(NC(=O)C(C)(C)C)cc3)n2)ccc1N1CC2CC1CN2C. The Labute approximate surface area is 207 Å². The molecule has 0 aliphatic carbocycles. The van der Waals surface area contributed by atoms with Crippen molar-refractivity contribution < 1.29 is 4.79 Å². The molecule has 2 atom stereocenters. The second-order valence-corrected chi connectivity index (χ2v) is 10.8. The Balaban J connectivity index is 1.27. The number of nitrogens with zero attached hydrogens (tertiary/aromatic N) is 4. The number of rotatable bonds is 5. The zero-order chi connectivity index (χ0) is 24.7. The number of benzene rings is 2. The highest BCUT2D eigenvalue weighted by molar-refractivity contribution is 5.94. The highest BCUT2D eigenvalue weighted by atomic mass is 16.2. The minimum absolute atomic E-state index is 0.00958. The predicted octanol–water partition coefficient (Wildman–Crippen LogP) is 5.07. The molecule has 35 heavy (non-hydrogen) atoms. The van der Waals surface area contributed by atoms with Crippen LogP contribution in [0.2, 0.25) is 0 Å². The average molecular weight is 471 g/mol. The third-order valence-electron chi connectivity index (χ3n) is 7.05. The molecule has 2 aliphatic rings. The molecule has 7 nitrogen and oxygen atoms in total. The Morgan fingerprint density at radius 3 is 2.37 bits per heavy atom. The zero-order valence-electron chi connectivity index (χ0n) is 21.2. The maximum absolute atomic E-state index is 12.2. The second-order valence-electron chi connectivity index (χ2n) is 10.8. The Hall–Kier alpha value is -3.45. The molecule has 2 unspecified atom stereocenters. The molecule has 182 valence electrons. The van der Waals surface area contributed by atoms with Gasteiger partial charge in [0, 0.05) is 59.4 Å². The van der Waals surface area contributed by atoms with E-state index in [9.17, 15) is 4.79 Å². The van der Waals surface area contributed by atoms with Crippen molar-refractivity contribution in [3.8, 4) is 11.3 Å². The third kappa shape index (κ3) is 4.86. The fraction of sp³-hybridized carbons (Fsp3) is 0.393. The van der Waals surface area contributed by atoms with E-state index in [1.54, 1.807) is 6.20 Å². The Morgan fingerprint density at radius 2 is 1.74 bits per heavy atom. The molecule has 2 fully saturated rings. The normalized spacial score (nSPS) is 19.7. The fourth-order valence-electron chi connectivity index (χ4n) is 4.97. The number of hydrogen-bond donors (Lipinski definition) is 2. The Morgan fingerprint density at radius 1 is 1.00 bits per heavy atom. The van der Waals surface area contributed by atoms with Gasteiger partial charge in [-0.3, -0.25) is 9.69 Å². The first-order valence-electron chi connectivity index (χ1n) is 12.3. The summed E-state index contributed by atoms with van der Waals surface area (Å²) >= 11 is 0. The van der Waals surface area contributed by atoms with Gasteiger partial charge in [-0.25, -0.2) is 9.97 Å². The van der Waals surface area contributed by atoms with Crippen LogP contribution in [0.3, 0.4) is 0 Å². The zero-order valence-corrected chi connectivity index (χ0v) is 21.2. The number of aromatic nitrogens is 2. The molecular formula is C28H34N6O. The summed E-state index contributed by atoms with van der Waals surface area (Å²) in [5, 5.41) is 6.32. The first-order chi connectivity index (χ1) is 16.7.